The lowest BCUT2D eigenvalue weighted by atomic mass is 10.0. The molecule has 3 N–H and O–H groups in total. The van der Waals surface area contributed by atoms with Crippen molar-refractivity contribution in [1.82, 2.24) is 0 Å². The highest BCUT2D eigenvalue weighted by atomic mass is 16.4. The zero-order chi connectivity index (χ0) is 12.5. The van der Waals surface area contributed by atoms with Gasteiger partial charge in [-0.3, -0.25) is 0 Å². The summed E-state index contributed by atoms with van der Waals surface area (Å²) in [7, 11) is 0. The third kappa shape index (κ3) is 1.69. The quantitative estimate of drug-likeness (QED) is 0.757. The van der Waals surface area contributed by atoms with Gasteiger partial charge in [0.15, 0.2) is 0 Å². The van der Waals surface area contributed by atoms with Crippen LogP contribution in [0.5, 0.6) is 0 Å². The molecular formula is C13H12N2O3. The molecule has 5 heteroatoms. The second-order valence-electron chi connectivity index (χ2n) is 4.15. The molecule has 18 heavy (non-hydrogen) atoms. The number of fused-ring (bicyclic) bond motifs is 1. The Morgan fingerprint density at radius 1 is 1.33 bits per heavy atom. The molecule has 0 amide bonds. The van der Waals surface area contributed by atoms with Crippen LogP contribution in [0.25, 0.3) is 0 Å². The normalized spacial score (nSPS) is 17.4. The minimum absolute atomic E-state index is 0.0518. The van der Waals surface area contributed by atoms with Crippen LogP contribution in [0.4, 0.5) is 11.4 Å². The third-order valence-electron chi connectivity index (χ3n) is 3.00. The molecule has 1 aromatic heterocycles. The molecule has 0 saturated carbocycles. The summed E-state index contributed by atoms with van der Waals surface area (Å²) in [5, 5.41) is 15.3. The highest BCUT2D eigenvalue weighted by molar-refractivity contribution is 5.95. The molecule has 1 atom stereocenters. The Kier molecular flexibility index (Phi) is 2.44. The Bertz CT molecular complexity index is 577. The van der Waals surface area contributed by atoms with Crippen LogP contribution in [0.1, 0.15) is 22.2 Å². The predicted molar refractivity (Wildman–Crippen MR) is 67.0 cm³/mol. The van der Waals surface area contributed by atoms with Crippen LogP contribution in [0.3, 0.4) is 0 Å². The topological polar surface area (TPSA) is 74.5 Å². The van der Waals surface area contributed by atoms with Gasteiger partial charge in [0.2, 0.25) is 5.76 Å². The molecule has 0 radical (unpaired) electrons. The van der Waals surface area contributed by atoms with Crippen molar-refractivity contribution >= 4 is 17.3 Å². The molecular weight excluding hydrogens is 232 g/mol. The van der Waals surface area contributed by atoms with E-state index in [1.54, 1.807) is 0 Å². The standard InChI is InChI=1S/C13H12N2O3/c16-13(17)12-11-10(7-18-12)15-9(6-14-11)8-4-2-1-3-5-8/h1-5,7,9,14-15H,6H2,(H,16,17). The Labute approximate surface area is 103 Å². The first kappa shape index (κ1) is 10.7. The summed E-state index contributed by atoms with van der Waals surface area (Å²) in [6.07, 6.45) is 1.43. The zero-order valence-electron chi connectivity index (χ0n) is 9.51. The van der Waals surface area contributed by atoms with E-state index in [-0.39, 0.29) is 11.8 Å². The Morgan fingerprint density at radius 3 is 2.83 bits per heavy atom. The van der Waals surface area contributed by atoms with Crippen molar-refractivity contribution in [3.63, 3.8) is 0 Å². The van der Waals surface area contributed by atoms with E-state index in [0.717, 1.165) is 5.56 Å². The first-order valence-electron chi connectivity index (χ1n) is 5.66. The van der Waals surface area contributed by atoms with E-state index in [0.29, 0.717) is 17.9 Å². The zero-order valence-corrected chi connectivity index (χ0v) is 9.51. The lowest BCUT2D eigenvalue weighted by molar-refractivity contribution is 0.0664. The van der Waals surface area contributed by atoms with Gasteiger partial charge >= 0.3 is 5.97 Å². The number of carboxylic acids is 1. The second kappa shape index (κ2) is 4.10. The Morgan fingerprint density at radius 2 is 2.11 bits per heavy atom. The minimum atomic E-state index is -1.07. The molecule has 5 nitrogen and oxygen atoms in total. The number of nitrogens with one attached hydrogen (secondary N) is 2. The average Bonchev–Trinajstić information content (AvgIpc) is 2.82. The van der Waals surface area contributed by atoms with Crippen molar-refractivity contribution in [2.24, 2.45) is 0 Å². The molecule has 2 heterocycles. The molecule has 0 fully saturated rings. The fourth-order valence-corrected chi connectivity index (χ4v) is 2.13. The summed E-state index contributed by atoms with van der Waals surface area (Å²) in [5.74, 6) is -1.12. The molecule has 3 rings (SSSR count). The smallest absolute Gasteiger partial charge is 0.374 e. The van der Waals surface area contributed by atoms with E-state index in [1.807, 2.05) is 30.3 Å². The summed E-state index contributed by atoms with van der Waals surface area (Å²) < 4.78 is 5.04. The summed E-state index contributed by atoms with van der Waals surface area (Å²) in [6, 6.07) is 10.1. The van der Waals surface area contributed by atoms with Gasteiger partial charge in [-0.15, -0.1) is 0 Å². The van der Waals surface area contributed by atoms with Crippen molar-refractivity contribution < 1.29 is 14.3 Å². The number of hydrogen-bond acceptors (Lipinski definition) is 4. The van der Waals surface area contributed by atoms with E-state index in [2.05, 4.69) is 10.6 Å². The number of benzene rings is 1. The van der Waals surface area contributed by atoms with E-state index >= 15 is 0 Å². The van der Waals surface area contributed by atoms with E-state index in [1.165, 1.54) is 6.26 Å². The fraction of sp³-hybridized carbons (Fsp3) is 0.154. The van der Waals surface area contributed by atoms with Crippen molar-refractivity contribution in [1.29, 1.82) is 0 Å². The largest absolute Gasteiger partial charge is 0.475 e. The van der Waals surface area contributed by atoms with Gasteiger partial charge in [-0.2, -0.15) is 0 Å². The Hall–Kier alpha value is -2.43. The second-order valence-corrected chi connectivity index (χ2v) is 4.15. The maximum atomic E-state index is 10.9. The van der Waals surface area contributed by atoms with Crippen LogP contribution in [-0.2, 0) is 0 Å². The fourth-order valence-electron chi connectivity index (χ4n) is 2.13. The molecule has 0 bridgehead atoms. The highest BCUT2D eigenvalue weighted by Crippen LogP contribution is 2.35. The van der Waals surface area contributed by atoms with Crippen LogP contribution in [-0.4, -0.2) is 17.6 Å². The van der Waals surface area contributed by atoms with Gasteiger partial charge in [-0.1, -0.05) is 30.3 Å². The highest BCUT2D eigenvalue weighted by Gasteiger charge is 2.26. The van der Waals surface area contributed by atoms with Crippen LogP contribution in [0.15, 0.2) is 41.0 Å². The molecule has 0 spiro atoms. The number of hydrogen-bond donors (Lipinski definition) is 3. The van der Waals surface area contributed by atoms with E-state index in [4.69, 9.17) is 9.52 Å². The molecule has 1 unspecified atom stereocenters. The van der Waals surface area contributed by atoms with Crippen molar-refractivity contribution in [3.05, 3.63) is 47.9 Å². The number of anilines is 2. The SMILES string of the molecule is O=C(O)c1occ2c1NCC(c1ccccc1)N2. The van der Waals surface area contributed by atoms with Crippen molar-refractivity contribution in [2.45, 2.75) is 6.04 Å². The number of rotatable bonds is 2. The van der Waals surface area contributed by atoms with Crippen LogP contribution in [0.2, 0.25) is 0 Å². The molecule has 0 aliphatic carbocycles. The number of furan rings is 1. The van der Waals surface area contributed by atoms with Gasteiger partial charge in [0.1, 0.15) is 12.0 Å². The van der Waals surface area contributed by atoms with Gasteiger partial charge in [0, 0.05) is 6.54 Å². The van der Waals surface area contributed by atoms with E-state index < -0.39 is 5.97 Å². The first-order valence-corrected chi connectivity index (χ1v) is 5.66. The van der Waals surface area contributed by atoms with Gasteiger partial charge in [0.25, 0.3) is 0 Å². The molecule has 0 saturated heterocycles. The lowest BCUT2D eigenvalue weighted by Crippen LogP contribution is -2.25. The molecule has 1 aliphatic heterocycles. The van der Waals surface area contributed by atoms with Crippen LogP contribution < -0.4 is 10.6 Å². The maximum Gasteiger partial charge on any atom is 0.374 e. The van der Waals surface area contributed by atoms with E-state index in [9.17, 15) is 4.79 Å². The molecule has 1 aliphatic rings. The lowest BCUT2D eigenvalue weighted by Gasteiger charge is -2.26. The minimum Gasteiger partial charge on any atom is -0.475 e. The first-order chi connectivity index (χ1) is 8.75. The maximum absolute atomic E-state index is 10.9. The van der Waals surface area contributed by atoms with Crippen molar-refractivity contribution in [2.75, 3.05) is 17.2 Å². The Balaban J connectivity index is 1.89. The van der Waals surface area contributed by atoms with Crippen LogP contribution >= 0.6 is 0 Å². The van der Waals surface area contributed by atoms with Crippen molar-refractivity contribution in [3.8, 4) is 0 Å². The monoisotopic (exact) mass is 244 g/mol. The predicted octanol–water partition coefficient (Wildman–Crippen LogP) is 2.56. The van der Waals surface area contributed by atoms with Gasteiger partial charge in [-0.05, 0) is 5.56 Å². The number of carboxylic acid groups (broad SMARTS) is 1. The number of carbonyl (C=O) groups is 1. The molecule has 1 aromatic carbocycles. The molecule has 2 aromatic rings. The summed E-state index contributed by atoms with van der Waals surface area (Å²) >= 11 is 0. The molecule has 92 valence electrons. The summed E-state index contributed by atoms with van der Waals surface area (Å²) in [6.45, 7) is 0.622. The summed E-state index contributed by atoms with van der Waals surface area (Å²) in [5.41, 5.74) is 2.36. The third-order valence-corrected chi connectivity index (χ3v) is 3.00. The van der Waals surface area contributed by atoms with Gasteiger partial charge in [-0.25, -0.2) is 4.79 Å². The van der Waals surface area contributed by atoms with Gasteiger partial charge in [0.05, 0.1) is 11.7 Å². The van der Waals surface area contributed by atoms with Crippen LogP contribution in [0, 0.1) is 0 Å². The summed E-state index contributed by atoms with van der Waals surface area (Å²) in [4.78, 5) is 10.9. The average molecular weight is 244 g/mol. The van der Waals surface area contributed by atoms with Gasteiger partial charge < -0.3 is 20.2 Å². The number of aromatic carboxylic acids is 1.